The number of hydrogen-bond acceptors (Lipinski definition) is 4. The molecule has 2 aliphatic rings. The molecule has 1 saturated heterocycles. The molecule has 0 spiro atoms. The van der Waals surface area contributed by atoms with Crippen LogP contribution in [0.2, 0.25) is 0 Å². The van der Waals surface area contributed by atoms with Gasteiger partial charge in [0, 0.05) is 36.9 Å². The third-order valence-electron chi connectivity index (χ3n) is 5.60. The predicted octanol–water partition coefficient (Wildman–Crippen LogP) is 3.02. The van der Waals surface area contributed by atoms with E-state index in [0.29, 0.717) is 12.1 Å². The van der Waals surface area contributed by atoms with Crippen molar-refractivity contribution in [2.75, 3.05) is 25.5 Å². The largest absolute Gasteiger partial charge is 0.497 e. The normalized spacial score (nSPS) is 21.0. The number of likely N-dealkylation sites (tertiary alicyclic amines) is 1. The molecule has 1 aliphatic carbocycles. The highest BCUT2D eigenvalue weighted by molar-refractivity contribution is 5.81. The van der Waals surface area contributed by atoms with E-state index in [-0.39, 0.29) is 11.9 Å². The summed E-state index contributed by atoms with van der Waals surface area (Å²) in [4.78, 5) is 14.8. The minimum absolute atomic E-state index is 0.0293. The van der Waals surface area contributed by atoms with Crippen LogP contribution >= 0.6 is 0 Å². The number of benzene rings is 1. The predicted molar refractivity (Wildman–Crippen MR) is 101 cm³/mol. The smallest absolute Gasteiger partial charge is 0.237 e. The molecule has 1 amide bonds. The number of carbonyl (C=O) groups is 1. The maximum atomic E-state index is 12.5. The molecule has 1 aromatic rings. The van der Waals surface area contributed by atoms with E-state index < -0.39 is 0 Å². The maximum Gasteiger partial charge on any atom is 0.237 e. The number of amides is 1. The number of nitrogens with zero attached hydrogens (tertiary/aromatic N) is 1. The lowest BCUT2D eigenvalue weighted by Gasteiger charge is -2.36. The standard InChI is InChI=1S/C20H31N3O2/c1-15(20(24)22-16-6-3-4-7-16)23-12-10-17(11-13-23)21-18-8-5-9-19(14-18)25-2/h5,8-9,14-17,21H,3-4,6-7,10-13H2,1-2H3,(H,22,24)/t15-/m1/s1. The van der Waals surface area contributed by atoms with Gasteiger partial charge in [0.05, 0.1) is 13.2 Å². The maximum absolute atomic E-state index is 12.5. The van der Waals surface area contributed by atoms with Crippen LogP contribution in [0.3, 0.4) is 0 Å². The van der Waals surface area contributed by atoms with Crippen molar-refractivity contribution in [2.45, 2.75) is 63.6 Å². The summed E-state index contributed by atoms with van der Waals surface area (Å²) in [6, 6.07) is 8.90. The van der Waals surface area contributed by atoms with E-state index in [1.165, 1.54) is 12.8 Å². The van der Waals surface area contributed by atoms with E-state index in [1.807, 2.05) is 25.1 Å². The van der Waals surface area contributed by atoms with Crippen LogP contribution in [0.1, 0.15) is 45.4 Å². The van der Waals surface area contributed by atoms with Crippen molar-refractivity contribution >= 4 is 11.6 Å². The van der Waals surface area contributed by atoms with Gasteiger partial charge in [0.25, 0.3) is 0 Å². The van der Waals surface area contributed by atoms with Gasteiger partial charge in [0.1, 0.15) is 5.75 Å². The Bertz CT molecular complexity index is 564. The first-order valence-corrected chi connectivity index (χ1v) is 9.60. The molecule has 5 heteroatoms. The quantitative estimate of drug-likeness (QED) is 0.832. The number of piperidine rings is 1. The van der Waals surface area contributed by atoms with Crippen LogP contribution in [0.15, 0.2) is 24.3 Å². The van der Waals surface area contributed by atoms with E-state index in [4.69, 9.17) is 4.74 Å². The SMILES string of the molecule is COc1cccc(NC2CCN([C@H](C)C(=O)NC3CCCC3)CC2)c1. The Morgan fingerprint density at radius 1 is 1.16 bits per heavy atom. The van der Waals surface area contributed by atoms with Crippen molar-refractivity contribution in [1.29, 1.82) is 0 Å². The monoisotopic (exact) mass is 345 g/mol. The highest BCUT2D eigenvalue weighted by atomic mass is 16.5. The summed E-state index contributed by atoms with van der Waals surface area (Å²) in [6.07, 6.45) is 6.90. The Hall–Kier alpha value is -1.75. The van der Waals surface area contributed by atoms with Gasteiger partial charge in [-0.2, -0.15) is 0 Å². The Balaban J connectivity index is 1.45. The van der Waals surface area contributed by atoms with Crippen LogP contribution in [0.4, 0.5) is 5.69 Å². The summed E-state index contributed by atoms with van der Waals surface area (Å²) in [5.74, 6) is 1.07. The van der Waals surface area contributed by atoms with Crippen LogP contribution in [0.25, 0.3) is 0 Å². The van der Waals surface area contributed by atoms with Gasteiger partial charge in [-0.15, -0.1) is 0 Å². The molecule has 2 fully saturated rings. The molecule has 2 N–H and O–H groups in total. The minimum Gasteiger partial charge on any atom is -0.497 e. The third-order valence-corrected chi connectivity index (χ3v) is 5.60. The summed E-state index contributed by atoms with van der Waals surface area (Å²) in [5, 5.41) is 6.83. The van der Waals surface area contributed by atoms with Crippen LogP contribution < -0.4 is 15.4 Å². The molecule has 0 unspecified atom stereocenters. The van der Waals surface area contributed by atoms with Gasteiger partial charge < -0.3 is 15.4 Å². The van der Waals surface area contributed by atoms with Crippen molar-refractivity contribution in [3.05, 3.63) is 24.3 Å². The average Bonchev–Trinajstić information content (AvgIpc) is 3.15. The van der Waals surface area contributed by atoms with E-state index in [9.17, 15) is 4.79 Å². The molecule has 0 radical (unpaired) electrons. The summed E-state index contributed by atoms with van der Waals surface area (Å²) < 4.78 is 5.28. The molecule has 0 aromatic heterocycles. The number of hydrogen-bond donors (Lipinski definition) is 2. The second-order valence-corrected chi connectivity index (χ2v) is 7.35. The van der Waals surface area contributed by atoms with Crippen molar-refractivity contribution in [3.63, 3.8) is 0 Å². The van der Waals surface area contributed by atoms with Gasteiger partial charge in [0.2, 0.25) is 5.91 Å². The van der Waals surface area contributed by atoms with Crippen LogP contribution in [-0.4, -0.2) is 49.1 Å². The molecule has 5 nitrogen and oxygen atoms in total. The molecule has 1 saturated carbocycles. The number of nitrogens with one attached hydrogen (secondary N) is 2. The van der Waals surface area contributed by atoms with Crippen molar-refractivity contribution in [2.24, 2.45) is 0 Å². The minimum atomic E-state index is -0.0293. The molecule has 3 rings (SSSR count). The lowest BCUT2D eigenvalue weighted by atomic mass is 10.0. The Labute approximate surface area is 151 Å². The average molecular weight is 345 g/mol. The summed E-state index contributed by atoms with van der Waals surface area (Å²) in [5.41, 5.74) is 1.10. The topological polar surface area (TPSA) is 53.6 Å². The van der Waals surface area contributed by atoms with Crippen molar-refractivity contribution in [1.82, 2.24) is 10.2 Å². The lowest BCUT2D eigenvalue weighted by Crippen LogP contribution is -2.51. The van der Waals surface area contributed by atoms with Gasteiger partial charge in [-0.3, -0.25) is 9.69 Å². The molecule has 138 valence electrons. The first-order valence-electron chi connectivity index (χ1n) is 9.60. The molecular weight excluding hydrogens is 314 g/mol. The van der Waals surface area contributed by atoms with Gasteiger partial charge in [-0.05, 0) is 44.7 Å². The van der Waals surface area contributed by atoms with Crippen molar-refractivity contribution < 1.29 is 9.53 Å². The van der Waals surface area contributed by atoms with E-state index >= 15 is 0 Å². The fourth-order valence-electron chi connectivity index (χ4n) is 3.94. The van der Waals surface area contributed by atoms with Crippen LogP contribution in [0, 0.1) is 0 Å². The van der Waals surface area contributed by atoms with E-state index in [0.717, 1.165) is 50.2 Å². The van der Waals surface area contributed by atoms with Crippen LogP contribution in [0.5, 0.6) is 5.75 Å². The van der Waals surface area contributed by atoms with Crippen LogP contribution in [-0.2, 0) is 4.79 Å². The first kappa shape index (κ1) is 18.1. The molecule has 1 aromatic carbocycles. The number of methoxy groups -OCH3 is 1. The fraction of sp³-hybridized carbons (Fsp3) is 0.650. The number of rotatable bonds is 6. The van der Waals surface area contributed by atoms with Gasteiger partial charge in [-0.25, -0.2) is 0 Å². The number of ether oxygens (including phenoxy) is 1. The highest BCUT2D eigenvalue weighted by Gasteiger charge is 2.28. The lowest BCUT2D eigenvalue weighted by molar-refractivity contribution is -0.127. The van der Waals surface area contributed by atoms with Crippen molar-refractivity contribution in [3.8, 4) is 5.75 Å². The summed E-state index contributed by atoms with van der Waals surface area (Å²) >= 11 is 0. The first-order chi connectivity index (χ1) is 12.2. The number of anilines is 1. The summed E-state index contributed by atoms with van der Waals surface area (Å²) in [7, 11) is 1.69. The summed E-state index contributed by atoms with van der Waals surface area (Å²) in [6.45, 7) is 3.96. The fourth-order valence-corrected chi connectivity index (χ4v) is 3.94. The highest BCUT2D eigenvalue weighted by Crippen LogP contribution is 2.22. The second kappa shape index (κ2) is 8.56. The zero-order valence-electron chi connectivity index (χ0n) is 15.5. The van der Waals surface area contributed by atoms with E-state index in [1.54, 1.807) is 7.11 Å². The molecule has 1 heterocycles. The molecule has 0 bridgehead atoms. The zero-order chi connectivity index (χ0) is 17.6. The third kappa shape index (κ3) is 4.88. The number of carbonyl (C=O) groups excluding carboxylic acids is 1. The Kier molecular flexibility index (Phi) is 6.19. The van der Waals surface area contributed by atoms with Gasteiger partial charge >= 0.3 is 0 Å². The second-order valence-electron chi connectivity index (χ2n) is 7.35. The Morgan fingerprint density at radius 3 is 2.56 bits per heavy atom. The van der Waals surface area contributed by atoms with E-state index in [2.05, 4.69) is 21.6 Å². The van der Waals surface area contributed by atoms with Gasteiger partial charge in [0.15, 0.2) is 0 Å². The molecule has 25 heavy (non-hydrogen) atoms. The molecule has 1 atom stereocenters. The van der Waals surface area contributed by atoms with Gasteiger partial charge in [-0.1, -0.05) is 18.9 Å². The zero-order valence-corrected chi connectivity index (χ0v) is 15.5. The Morgan fingerprint density at radius 2 is 1.88 bits per heavy atom. The molecule has 1 aliphatic heterocycles. The molecular formula is C20H31N3O2.